The van der Waals surface area contributed by atoms with Crippen molar-refractivity contribution >= 4 is 29.9 Å². The van der Waals surface area contributed by atoms with E-state index in [4.69, 9.17) is 11.6 Å². The number of rotatable bonds is 2. The zero-order valence-electron chi connectivity index (χ0n) is 10.3. The third-order valence-electron chi connectivity index (χ3n) is 3.07. The van der Waals surface area contributed by atoms with E-state index in [9.17, 15) is 4.79 Å². The van der Waals surface area contributed by atoms with Crippen LogP contribution in [0.5, 0.6) is 0 Å². The van der Waals surface area contributed by atoms with Gasteiger partial charge >= 0.3 is 0 Å². The van der Waals surface area contributed by atoms with Gasteiger partial charge in [0.05, 0.1) is 0 Å². The summed E-state index contributed by atoms with van der Waals surface area (Å²) in [6.07, 6.45) is 2.15. The van der Waals surface area contributed by atoms with Gasteiger partial charge in [0, 0.05) is 23.2 Å². The van der Waals surface area contributed by atoms with Crippen LogP contribution in [0.25, 0.3) is 0 Å². The summed E-state index contributed by atoms with van der Waals surface area (Å²) in [4.78, 5) is 12.0. The molecule has 0 spiro atoms. The van der Waals surface area contributed by atoms with Gasteiger partial charge in [-0.3, -0.25) is 4.79 Å². The highest BCUT2D eigenvalue weighted by Gasteiger charge is 2.16. The van der Waals surface area contributed by atoms with Gasteiger partial charge in [-0.25, -0.2) is 0 Å². The van der Waals surface area contributed by atoms with Crippen LogP contribution < -0.4 is 10.6 Å². The Labute approximate surface area is 119 Å². The second-order valence-electron chi connectivity index (χ2n) is 4.48. The van der Waals surface area contributed by atoms with Gasteiger partial charge in [0.15, 0.2) is 0 Å². The largest absolute Gasteiger partial charge is 0.348 e. The predicted molar refractivity (Wildman–Crippen MR) is 76.8 cm³/mol. The Morgan fingerprint density at radius 2 is 2.28 bits per heavy atom. The van der Waals surface area contributed by atoms with Crippen LogP contribution in [0.3, 0.4) is 0 Å². The number of hydrogen-bond acceptors (Lipinski definition) is 2. The van der Waals surface area contributed by atoms with E-state index in [1.807, 2.05) is 19.1 Å². The van der Waals surface area contributed by atoms with Gasteiger partial charge in [-0.15, -0.1) is 12.4 Å². The van der Waals surface area contributed by atoms with E-state index in [2.05, 4.69) is 10.6 Å². The molecule has 1 fully saturated rings. The summed E-state index contributed by atoms with van der Waals surface area (Å²) in [5, 5.41) is 6.93. The normalized spacial score (nSPS) is 18.9. The first kappa shape index (κ1) is 15.3. The van der Waals surface area contributed by atoms with Crippen molar-refractivity contribution in [2.24, 2.45) is 0 Å². The average molecular weight is 289 g/mol. The molecule has 0 saturated carbocycles. The molecule has 1 unspecified atom stereocenters. The number of nitrogens with one attached hydrogen (secondary N) is 2. The lowest BCUT2D eigenvalue weighted by Gasteiger charge is -2.23. The van der Waals surface area contributed by atoms with Crippen LogP contribution in [-0.2, 0) is 0 Å². The number of carbonyl (C=O) groups excluding carboxylic acids is 1. The number of hydrogen-bond donors (Lipinski definition) is 2. The number of aryl methyl sites for hydroxylation is 1. The molecule has 1 heterocycles. The fourth-order valence-electron chi connectivity index (χ4n) is 1.98. The summed E-state index contributed by atoms with van der Waals surface area (Å²) < 4.78 is 0. The molecule has 0 aliphatic carbocycles. The van der Waals surface area contributed by atoms with E-state index in [0.717, 1.165) is 31.5 Å². The van der Waals surface area contributed by atoms with Crippen molar-refractivity contribution in [2.75, 3.05) is 13.1 Å². The number of benzene rings is 1. The number of carbonyl (C=O) groups is 1. The summed E-state index contributed by atoms with van der Waals surface area (Å²) in [6.45, 7) is 3.82. The van der Waals surface area contributed by atoms with Gasteiger partial charge in [0.25, 0.3) is 5.91 Å². The number of amides is 1. The monoisotopic (exact) mass is 288 g/mol. The van der Waals surface area contributed by atoms with Crippen molar-refractivity contribution in [3.05, 3.63) is 34.3 Å². The van der Waals surface area contributed by atoms with Crippen LogP contribution in [0.15, 0.2) is 18.2 Å². The molecule has 18 heavy (non-hydrogen) atoms. The van der Waals surface area contributed by atoms with Gasteiger partial charge in [0.1, 0.15) is 0 Å². The third-order valence-corrected chi connectivity index (χ3v) is 3.47. The zero-order valence-corrected chi connectivity index (χ0v) is 11.9. The van der Waals surface area contributed by atoms with Crippen LogP contribution in [0.4, 0.5) is 0 Å². The van der Waals surface area contributed by atoms with Crippen molar-refractivity contribution in [3.63, 3.8) is 0 Å². The van der Waals surface area contributed by atoms with Gasteiger partial charge in [0.2, 0.25) is 0 Å². The van der Waals surface area contributed by atoms with Crippen LogP contribution in [0.2, 0.25) is 5.02 Å². The summed E-state index contributed by atoms with van der Waals surface area (Å²) >= 11 is 6.01. The molecule has 0 aromatic heterocycles. The molecule has 1 aromatic rings. The van der Waals surface area contributed by atoms with E-state index in [-0.39, 0.29) is 24.4 Å². The van der Waals surface area contributed by atoms with Crippen molar-refractivity contribution in [3.8, 4) is 0 Å². The minimum absolute atomic E-state index is 0. The Hall–Kier alpha value is -0.770. The quantitative estimate of drug-likeness (QED) is 0.878. The van der Waals surface area contributed by atoms with Gasteiger partial charge in [-0.1, -0.05) is 17.7 Å². The molecule has 1 aromatic carbocycles. The summed E-state index contributed by atoms with van der Waals surface area (Å²) in [7, 11) is 0. The van der Waals surface area contributed by atoms with E-state index in [1.165, 1.54) is 0 Å². The highest BCUT2D eigenvalue weighted by atomic mass is 35.5. The summed E-state index contributed by atoms with van der Waals surface area (Å²) in [6, 6.07) is 5.64. The molecule has 2 N–H and O–H groups in total. The van der Waals surface area contributed by atoms with E-state index >= 15 is 0 Å². The van der Waals surface area contributed by atoms with Crippen LogP contribution >= 0.6 is 24.0 Å². The minimum Gasteiger partial charge on any atom is -0.348 e. The van der Waals surface area contributed by atoms with E-state index in [0.29, 0.717) is 10.6 Å². The molecule has 1 saturated heterocycles. The highest BCUT2D eigenvalue weighted by molar-refractivity contribution is 6.31. The number of piperidine rings is 1. The molecule has 0 bridgehead atoms. The van der Waals surface area contributed by atoms with Crippen molar-refractivity contribution in [1.29, 1.82) is 0 Å². The van der Waals surface area contributed by atoms with E-state index < -0.39 is 0 Å². The minimum atomic E-state index is -0.0411. The Morgan fingerprint density at radius 3 is 2.89 bits per heavy atom. The standard InChI is InChI=1S/C13H17ClN2O.ClH/c1-9-4-5-10(7-12(9)14)13(17)16-11-3-2-6-15-8-11;/h4-5,7,11,15H,2-3,6,8H2,1H3,(H,16,17);1H. The Kier molecular flexibility index (Phi) is 5.93. The second-order valence-corrected chi connectivity index (χ2v) is 4.89. The number of halogens is 2. The molecule has 5 heteroatoms. The first-order valence-corrected chi connectivity index (χ1v) is 6.32. The lowest BCUT2D eigenvalue weighted by Crippen LogP contribution is -2.45. The lowest BCUT2D eigenvalue weighted by molar-refractivity contribution is 0.0930. The molecule has 1 amide bonds. The Morgan fingerprint density at radius 1 is 1.50 bits per heavy atom. The lowest BCUT2D eigenvalue weighted by atomic mass is 10.1. The Balaban J connectivity index is 0.00000162. The molecular formula is C13H18Cl2N2O. The smallest absolute Gasteiger partial charge is 0.251 e. The topological polar surface area (TPSA) is 41.1 Å². The molecule has 0 radical (unpaired) electrons. The SMILES string of the molecule is Cc1ccc(C(=O)NC2CCCNC2)cc1Cl.Cl. The van der Waals surface area contributed by atoms with Gasteiger partial charge in [-0.05, 0) is 44.0 Å². The van der Waals surface area contributed by atoms with Gasteiger partial charge < -0.3 is 10.6 Å². The van der Waals surface area contributed by atoms with Crippen molar-refractivity contribution in [2.45, 2.75) is 25.8 Å². The maximum absolute atomic E-state index is 12.0. The molecule has 1 aliphatic rings. The second kappa shape index (κ2) is 6.98. The first-order chi connectivity index (χ1) is 8.16. The molecule has 1 atom stereocenters. The summed E-state index contributed by atoms with van der Waals surface area (Å²) in [5.74, 6) is -0.0411. The molecule has 100 valence electrons. The van der Waals surface area contributed by atoms with E-state index in [1.54, 1.807) is 6.07 Å². The average Bonchev–Trinajstić information content (AvgIpc) is 2.34. The predicted octanol–water partition coefficient (Wildman–Crippen LogP) is 2.55. The maximum atomic E-state index is 12.0. The molecule has 2 rings (SSSR count). The van der Waals surface area contributed by atoms with Gasteiger partial charge in [-0.2, -0.15) is 0 Å². The fraction of sp³-hybridized carbons (Fsp3) is 0.462. The first-order valence-electron chi connectivity index (χ1n) is 5.94. The highest BCUT2D eigenvalue weighted by Crippen LogP contribution is 2.16. The maximum Gasteiger partial charge on any atom is 0.251 e. The third kappa shape index (κ3) is 3.87. The van der Waals surface area contributed by atoms with Crippen LogP contribution in [0, 0.1) is 6.92 Å². The summed E-state index contributed by atoms with van der Waals surface area (Å²) in [5.41, 5.74) is 1.62. The van der Waals surface area contributed by atoms with Crippen molar-refractivity contribution < 1.29 is 4.79 Å². The fourth-order valence-corrected chi connectivity index (χ4v) is 2.16. The molecule has 1 aliphatic heterocycles. The van der Waals surface area contributed by atoms with Crippen LogP contribution in [-0.4, -0.2) is 25.0 Å². The van der Waals surface area contributed by atoms with Crippen LogP contribution in [0.1, 0.15) is 28.8 Å². The molecule has 3 nitrogen and oxygen atoms in total. The van der Waals surface area contributed by atoms with Crippen molar-refractivity contribution in [1.82, 2.24) is 10.6 Å². The Bertz CT molecular complexity index is 417. The zero-order chi connectivity index (χ0) is 12.3. The molecular weight excluding hydrogens is 271 g/mol.